The van der Waals surface area contributed by atoms with Crippen molar-refractivity contribution < 1.29 is 0 Å². The van der Waals surface area contributed by atoms with E-state index in [9.17, 15) is 0 Å². The molecular formula is C10H13N5. The van der Waals surface area contributed by atoms with Crippen molar-refractivity contribution in [1.29, 1.82) is 0 Å². The number of aromatic nitrogens is 4. The molecule has 0 aliphatic rings. The first-order valence-corrected chi connectivity index (χ1v) is 4.88. The molecule has 0 aliphatic carbocycles. The second-order valence-corrected chi connectivity index (χ2v) is 3.22. The summed E-state index contributed by atoms with van der Waals surface area (Å²) < 4.78 is 1.64. The zero-order valence-electron chi connectivity index (χ0n) is 8.59. The van der Waals surface area contributed by atoms with Gasteiger partial charge in [0.1, 0.15) is 12.7 Å². The third-order valence-electron chi connectivity index (χ3n) is 2.18. The van der Waals surface area contributed by atoms with E-state index in [4.69, 9.17) is 5.73 Å². The van der Waals surface area contributed by atoms with Gasteiger partial charge in [-0.05, 0) is 24.1 Å². The van der Waals surface area contributed by atoms with Gasteiger partial charge >= 0.3 is 0 Å². The van der Waals surface area contributed by atoms with Crippen LogP contribution >= 0.6 is 0 Å². The van der Waals surface area contributed by atoms with Gasteiger partial charge in [0.2, 0.25) is 0 Å². The Morgan fingerprint density at radius 2 is 2.27 bits per heavy atom. The molecule has 0 saturated heterocycles. The summed E-state index contributed by atoms with van der Waals surface area (Å²) in [5.41, 5.74) is 7.70. The minimum atomic E-state index is 0.511. The quantitative estimate of drug-likeness (QED) is 0.796. The van der Waals surface area contributed by atoms with Crippen LogP contribution in [0, 0.1) is 0 Å². The molecule has 0 unspecified atom stereocenters. The van der Waals surface area contributed by atoms with Crippen molar-refractivity contribution in [2.45, 2.75) is 19.9 Å². The predicted octanol–water partition coefficient (Wildman–Crippen LogP) is 0.683. The Labute approximate surface area is 88.0 Å². The van der Waals surface area contributed by atoms with Crippen molar-refractivity contribution >= 4 is 0 Å². The predicted molar refractivity (Wildman–Crippen MR) is 56.4 cm³/mol. The minimum absolute atomic E-state index is 0.511. The molecule has 0 saturated carbocycles. The Morgan fingerprint density at radius 1 is 1.40 bits per heavy atom. The van der Waals surface area contributed by atoms with Crippen molar-refractivity contribution in [2.75, 3.05) is 0 Å². The molecule has 5 nitrogen and oxygen atoms in total. The topological polar surface area (TPSA) is 69.6 Å². The second kappa shape index (κ2) is 4.18. The highest BCUT2D eigenvalue weighted by molar-refractivity contribution is 5.29. The molecule has 78 valence electrons. The van der Waals surface area contributed by atoms with Crippen LogP contribution in [0.1, 0.15) is 18.2 Å². The van der Waals surface area contributed by atoms with E-state index in [0.717, 1.165) is 23.5 Å². The molecule has 2 aromatic heterocycles. The molecule has 5 heteroatoms. The van der Waals surface area contributed by atoms with Crippen molar-refractivity contribution in [3.05, 3.63) is 36.0 Å². The number of nitrogens with two attached hydrogens (primary N) is 1. The fourth-order valence-corrected chi connectivity index (χ4v) is 1.38. The first kappa shape index (κ1) is 9.79. The molecule has 2 heterocycles. The molecule has 2 rings (SSSR count). The maximum Gasteiger partial charge on any atom is 0.155 e. The SMILES string of the molecule is CCc1cc(CN)cc(-n2cncn2)n1. The van der Waals surface area contributed by atoms with E-state index in [-0.39, 0.29) is 0 Å². The molecule has 0 spiro atoms. The van der Waals surface area contributed by atoms with Crippen LogP contribution in [-0.4, -0.2) is 19.7 Å². The zero-order valence-corrected chi connectivity index (χ0v) is 8.59. The molecule has 0 aromatic carbocycles. The van der Waals surface area contributed by atoms with E-state index in [1.54, 1.807) is 11.0 Å². The standard InChI is InChI=1S/C10H13N5/c1-2-9-3-8(5-11)4-10(14-9)15-7-12-6-13-15/h3-4,6-7H,2,5,11H2,1H3. The third kappa shape index (κ3) is 2.02. The van der Waals surface area contributed by atoms with E-state index < -0.39 is 0 Å². The first-order valence-electron chi connectivity index (χ1n) is 4.88. The van der Waals surface area contributed by atoms with Crippen molar-refractivity contribution in [3.8, 4) is 5.82 Å². The summed E-state index contributed by atoms with van der Waals surface area (Å²) in [7, 11) is 0. The van der Waals surface area contributed by atoms with Gasteiger partial charge in [-0.25, -0.2) is 14.6 Å². The van der Waals surface area contributed by atoms with Gasteiger partial charge < -0.3 is 5.73 Å². The smallest absolute Gasteiger partial charge is 0.155 e. The molecule has 2 N–H and O–H groups in total. The summed E-state index contributed by atoms with van der Waals surface area (Å²) in [5.74, 6) is 0.771. The number of rotatable bonds is 3. The van der Waals surface area contributed by atoms with Crippen LogP contribution in [0.2, 0.25) is 0 Å². The van der Waals surface area contributed by atoms with E-state index in [2.05, 4.69) is 22.0 Å². The lowest BCUT2D eigenvalue weighted by Crippen LogP contribution is -2.05. The molecule has 0 radical (unpaired) electrons. The lowest BCUT2D eigenvalue weighted by Gasteiger charge is -2.05. The van der Waals surface area contributed by atoms with Gasteiger partial charge in [-0.3, -0.25) is 0 Å². The van der Waals surface area contributed by atoms with Crippen LogP contribution in [0.4, 0.5) is 0 Å². The van der Waals surface area contributed by atoms with Gasteiger partial charge in [-0.2, -0.15) is 5.10 Å². The van der Waals surface area contributed by atoms with E-state index in [1.807, 2.05) is 12.1 Å². The van der Waals surface area contributed by atoms with Crippen LogP contribution in [0.5, 0.6) is 0 Å². The highest BCUT2D eigenvalue weighted by Gasteiger charge is 2.03. The second-order valence-electron chi connectivity index (χ2n) is 3.22. The third-order valence-corrected chi connectivity index (χ3v) is 2.18. The normalized spacial score (nSPS) is 10.5. The maximum atomic E-state index is 5.62. The average molecular weight is 203 g/mol. The van der Waals surface area contributed by atoms with Crippen molar-refractivity contribution in [3.63, 3.8) is 0 Å². The van der Waals surface area contributed by atoms with Crippen LogP contribution in [0.3, 0.4) is 0 Å². The van der Waals surface area contributed by atoms with Gasteiger partial charge in [0, 0.05) is 12.2 Å². The molecule has 0 bridgehead atoms. The van der Waals surface area contributed by atoms with E-state index >= 15 is 0 Å². The molecule has 0 aliphatic heterocycles. The Kier molecular flexibility index (Phi) is 2.73. The number of aryl methyl sites for hydroxylation is 1. The largest absolute Gasteiger partial charge is 0.326 e. The van der Waals surface area contributed by atoms with Crippen molar-refractivity contribution in [2.24, 2.45) is 5.73 Å². The summed E-state index contributed by atoms with van der Waals surface area (Å²) in [5, 5.41) is 4.04. The van der Waals surface area contributed by atoms with Gasteiger partial charge in [0.15, 0.2) is 5.82 Å². The van der Waals surface area contributed by atoms with Gasteiger partial charge in [0.05, 0.1) is 0 Å². The molecule has 0 amide bonds. The number of hydrogen-bond acceptors (Lipinski definition) is 4. The Morgan fingerprint density at radius 3 is 2.87 bits per heavy atom. The summed E-state index contributed by atoms with van der Waals surface area (Å²) in [6.07, 6.45) is 4.00. The molecule has 0 fully saturated rings. The van der Waals surface area contributed by atoms with E-state index in [1.165, 1.54) is 6.33 Å². The summed E-state index contributed by atoms with van der Waals surface area (Å²) >= 11 is 0. The highest BCUT2D eigenvalue weighted by atomic mass is 15.3. The van der Waals surface area contributed by atoms with Crippen LogP contribution in [-0.2, 0) is 13.0 Å². The molecule has 2 aromatic rings. The Bertz CT molecular complexity index is 413. The zero-order chi connectivity index (χ0) is 10.7. The Hall–Kier alpha value is -1.75. The van der Waals surface area contributed by atoms with E-state index in [0.29, 0.717) is 6.54 Å². The van der Waals surface area contributed by atoms with Gasteiger partial charge in [-0.15, -0.1) is 0 Å². The maximum absolute atomic E-state index is 5.62. The monoisotopic (exact) mass is 203 g/mol. The summed E-state index contributed by atoms with van der Waals surface area (Å²) in [6, 6.07) is 3.94. The Balaban J connectivity index is 2.47. The van der Waals surface area contributed by atoms with Crippen LogP contribution in [0.25, 0.3) is 5.82 Å². The van der Waals surface area contributed by atoms with Gasteiger partial charge in [0.25, 0.3) is 0 Å². The first-order chi connectivity index (χ1) is 7.33. The fourth-order valence-electron chi connectivity index (χ4n) is 1.38. The molecular weight excluding hydrogens is 190 g/mol. The molecule has 0 atom stereocenters. The van der Waals surface area contributed by atoms with Crippen LogP contribution in [0.15, 0.2) is 24.8 Å². The van der Waals surface area contributed by atoms with Gasteiger partial charge in [-0.1, -0.05) is 6.92 Å². The number of hydrogen-bond donors (Lipinski definition) is 1. The average Bonchev–Trinajstić information content (AvgIpc) is 2.81. The lowest BCUT2D eigenvalue weighted by atomic mass is 10.2. The number of nitrogens with zero attached hydrogens (tertiary/aromatic N) is 4. The number of pyridine rings is 1. The molecule has 15 heavy (non-hydrogen) atoms. The summed E-state index contributed by atoms with van der Waals surface area (Å²) in [6.45, 7) is 2.57. The van der Waals surface area contributed by atoms with Crippen molar-refractivity contribution in [1.82, 2.24) is 19.7 Å². The highest BCUT2D eigenvalue weighted by Crippen LogP contribution is 2.09. The summed E-state index contributed by atoms with van der Waals surface area (Å²) in [4.78, 5) is 8.34. The van der Waals surface area contributed by atoms with Crippen LogP contribution < -0.4 is 5.73 Å². The minimum Gasteiger partial charge on any atom is -0.326 e. The fraction of sp³-hybridized carbons (Fsp3) is 0.300. The lowest BCUT2D eigenvalue weighted by molar-refractivity contribution is 0.824.